The van der Waals surface area contributed by atoms with Crippen molar-refractivity contribution < 1.29 is 0 Å². The van der Waals surface area contributed by atoms with Crippen LogP contribution in [0.5, 0.6) is 0 Å². The van der Waals surface area contributed by atoms with E-state index in [0.29, 0.717) is 15.7 Å². The van der Waals surface area contributed by atoms with Gasteiger partial charge in [0.05, 0.1) is 15.7 Å². The number of hydrogen-bond donors (Lipinski definition) is 1. The Morgan fingerprint density at radius 2 is 1.81 bits per heavy atom. The third-order valence-corrected chi connectivity index (χ3v) is 5.06. The van der Waals surface area contributed by atoms with Gasteiger partial charge in [-0.05, 0) is 17.7 Å². The van der Waals surface area contributed by atoms with Gasteiger partial charge in [-0.3, -0.25) is 4.90 Å². The first-order valence-electron chi connectivity index (χ1n) is 6.73. The van der Waals surface area contributed by atoms with Crippen molar-refractivity contribution in [2.24, 2.45) is 0 Å². The zero-order valence-electron chi connectivity index (χ0n) is 11.4. The predicted octanol–water partition coefficient (Wildman–Crippen LogP) is 3.35. The minimum atomic E-state index is 0.454. The van der Waals surface area contributed by atoms with Crippen molar-refractivity contribution in [2.75, 3.05) is 36.8 Å². The van der Waals surface area contributed by atoms with E-state index in [1.165, 1.54) is 0 Å². The number of nitrogens with zero attached hydrogens (tertiary/aromatic N) is 3. The van der Waals surface area contributed by atoms with E-state index in [-0.39, 0.29) is 0 Å². The molecule has 1 aromatic carbocycles. The molecule has 2 heterocycles. The Kier molecular flexibility index (Phi) is 4.54. The van der Waals surface area contributed by atoms with Crippen LogP contribution in [-0.2, 0) is 6.54 Å². The number of halogens is 2. The quantitative estimate of drug-likeness (QED) is 0.868. The highest BCUT2D eigenvalue weighted by atomic mass is 35.5. The van der Waals surface area contributed by atoms with Crippen molar-refractivity contribution >= 4 is 45.4 Å². The van der Waals surface area contributed by atoms with E-state index < -0.39 is 0 Å². The van der Waals surface area contributed by atoms with Crippen molar-refractivity contribution in [3.05, 3.63) is 39.3 Å². The first kappa shape index (κ1) is 14.9. The molecule has 1 aliphatic heterocycles. The van der Waals surface area contributed by atoms with Gasteiger partial charge in [0.15, 0.2) is 5.13 Å². The summed E-state index contributed by atoms with van der Waals surface area (Å²) in [7, 11) is 0. The molecule has 1 aliphatic rings. The summed E-state index contributed by atoms with van der Waals surface area (Å²) in [5.74, 6) is 0. The van der Waals surface area contributed by atoms with Crippen molar-refractivity contribution in [3.8, 4) is 0 Å². The van der Waals surface area contributed by atoms with Crippen LogP contribution in [0.1, 0.15) is 5.56 Å². The van der Waals surface area contributed by atoms with Gasteiger partial charge in [-0.1, -0.05) is 23.2 Å². The number of thiazole rings is 1. The highest BCUT2D eigenvalue weighted by Gasteiger charge is 2.19. The Hall–Kier alpha value is -1.01. The molecule has 4 nitrogen and oxygen atoms in total. The minimum absolute atomic E-state index is 0.454. The van der Waals surface area contributed by atoms with Crippen LogP contribution >= 0.6 is 34.5 Å². The Morgan fingerprint density at radius 1 is 1.14 bits per heavy atom. The van der Waals surface area contributed by atoms with Crippen LogP contribution in [0.2, 0.25) is 10.0 Å². The SMILES string of the molecule is Nc1c(Cl)cc(CN2CCN(c3nccs3)CC2)cc1Cl. The van der Waals surface area contributed by atoms with E-state index in [1.54, 1.807) is 11.3 Å². The Balaban J connectivity index is 1.60. The highest BCUT2D eigenvalue weighted by Crippen LogP contribution is 2.29. The van der Waals surface area contributed by atoms with Crippen LogP contribution in [0.3, 0.4) is 0 Å². The summed E-state index contributed by atoms with van der Waals surface area (Å²) in [4.78, 5) is 9.07. The summed E-state index contributed by atoms with van der Waals surface area (Å²) >= 11 is 13.9. The average Bonchev–Trinajstić information content (AvgIpc) is 3.00. The smallest absolute Gasteiger partial charge is 0.185 e. The van der Waals surface area contributed by atoms with E-state index >= 15 is 0 Å². The van der Waals surface area contributed by atoms with Gasteiger partial charge in [-0.2, -0.15) is 0 Å². The fourth-order valence-electron chi connectivity index (χ4n) is 2.46. The molecule has 1 fully saturated rings. The summed E-state index contributed by atoms with van der Waals surface area (Å²) in [5, 5.41) is 4.17. The number of anilines is 2. The monoisotopic (exact) mass is 342 g/mol. The van der Waals surface area contributed by atoms with Crippen molar-refractivity contribution in [2.45, 2.75) is 6.54 Å². The van der Waals surface area contributed by atoms with Gasteiger partial charge in [0, 0.05) is 44.3 Å². The first-order valence-corrected chi connectivity index (χ1v) is 8.37. The third-order valence-electron chi connectivity index (χ3n) is 3.61. The molecule has 2 aromatic rings. The van der Waals surface area contributed by atoms with Crippen molar-refractivity contribution in [1.82, 2.24) is 9.88 Å². The predicted molar refractivity (Wildman–Crippen MR) is 90.5 cm³/mol. The summed E-state index contributed by atoms with van der Waals surface area (Å²) < 4.78 is 0. The topological polar surface area (TPSA) is 45.4 Å². The van der Waals surface area contributed by atoms with E-state index in [0.717, 1.165) is 43.4 Å². The second-order valence-corrected chi connectivity index (χ2v) is 6.74. The maximum Gasteiger partial charge on any atom is 0.185 e. The molecule has 21 heavy (non-hydrogen) atoms. The standard InChI is InChI=1S/C14H16Cl2N4S/c15-11-7-10(8-12(16)13(11)17)9-19-2-4-20(5-3-19)14-18-1-6-21-14/h1,6-8H,2-5,9,17H2. The molecule has 0 saturated carbocycles. The molecule has 0 spiro atoms. The van der Waals surface area contributed by atoms with Crippen LogP contribution in [-0.4, -0.2) is 36.1 Å². The van der Waals surface area contributed by atoms with E-state index in [4.69, 9.17) is 28.9 Å². The molecule has 1 saturated heterocycles. The Bertz CT molecular complexity index is 586. The normalized spacial score (nSPS) is 16.4. The Labute approximate surface area is 138 Å². The Morgan fingerprint density at radius 3 is 2.38 bits per heavy atom. The maximum atomic E-state index is 6.08. The summed E-state index contributed by atoms with van der Waals surface area (Å²) in [6.45, 7) is 4.82. The zero-order valence-corrected chi connectivity index (χ0v) is 13.8. The maximum absolute atomic E-state index is 6.08. The number of aromatic nitrogens is 1. The van der Waals surface area contributed by atoms with Gasteiger partial charge >= 0.3 is 0 Å². The first-order chi connectivity index (χ1) is 10.1. The summed E-state index contributed by atoms with van der Waals surface area (Å²) in [6.07, 6.45) is 1.85. The minimum Gasteiger partial charge on any atom is -0.396 e. The lowest BCUT2D eigenvalue weighted by Gasteiger charge is -2.34. The molecule has 0 aliphatic carbocycles. The van der Waals surface area contributed by atoms with Crippen LogP contribution in [0.25, 0.3) is 0 Å². The molecule has 0 bridgehead atoms. The molecule has 112 valence electrons. The number of hydrogen-bond acceptors (Lipinski definition) is 5. The molecule has 2 N–H and O–H groups in total. The largest absolute Gasteiger partial charge is 0.396 e. The van der Waals surface area contributed by atoms with Gasteiger partial charge < -0.3 is 10.6 Å². The van der Waals surface area contributed by atoms with Crippen molar-refractivity contribution in [1.29, 1.82) is 0 Å². The molecular formula is C14H16Cl2N4S. The number of benzene rings is 1. The van der Waals surface area contributed by atoms with E-state index in [2.05, 4.69) is 14.8 Å². The molecule has 0 radical (unpaired) electrons. The fourth-order valence-corrected chi connectivity index (χ4v) is 3.68. The highest BCUT2D eigenvalue weighted by molar-refractivity contribution is 7.13. The number of nitrogen functional groups attached to an aromatic ring is 1. The number of piperazine rings is 1. The summed E-state index contributed by atoms with van der Waals surface area (Å²) in [6, 6.07) is 3.80. The third kappa shape index (κ3) is 3.43. The molecule has 0 amide bonds. The van der Waals surface area contributed by atoms with Gasteiger partial charge in [0.2, 0.25) is 0 Å². The lowest BCUT2D eigenvalue weighted by atomic mass is 10.2. The number of rotatable bonds is 3. The molecule has 0 atom stereocenters. The second-order valence-electron chi connectivity index (χ2n) is 5.05. The van der Waals surface area contributed by atoms with Crippen LogP contribution in [0.15, 0.2) is 23.7 Å². The van der Waals surface area contributed by atoms with Crippen LogP contribution in [0, 0.1) is 0 Å². The lowest BCUT2D eigenvalue weighted by molar-refractivity contribution is 0.250. The molecule has 3 rings (SSSR count). The van der Waals surface area contributed by atoms with Crippen molar-refractivity contribution in [3.63, 3.8) is 0 Å². The van der Waals surface area contributed by atoms with Crippen LogP contribution in [0.4, 0.5) is 10.8 Å². The second kappa shape index (κ2) is 6.40. The van der Waals surface area contributed by atoms with E-state index in [1.807, 2.05) is 23.7 Å². The van der Waals surface area contributed by atoms with Gasteiger partial charge in [-0.25, -0.2) is 4.98 Å². The van der Waals surface area contributed by atoms with Gasteiger partial charge in [0.1, 0.15) is 0 Å². The number of nitrogens with two attached hydrogens (primary N) is 1. The molecule has 1 aromatic heterocycles. The van der Waals surface area contributed by atoms with Crippen LogP contribution < -0.4 is 10.6 Å². The molecule has 7 heteroatoms. The van der Waals surface area contributed by atoms with E-state index in [9.17, 15) is 0 Å². The molecular weight excluding hydrogens is 327 g/mol. The fraction of sp³-hybridized carbons (Fsp3) is 0.357. The van der Waals surface area contributed by atoms with Gasteiger partial charge in [-0.15, -0.1) is 11.3 Å². The average molecular weight is 343 g/mol. The van der Waals surface area contributed by atoms with Gasteiger partial charge in [0.25, 0.3) is 0 Å². The lowest BCUT2D eigenvalue weighted by Crippen LogP contribution is -2.45. The zero-order chi connectivity index (χ0) is 14.8. The summed E-state index contributed by atoms with van der Waals surface area (Å²) in [5.41, 5.74) is 7.32. The molecule has 0 unspecified atom stereocenters.